The highest BCUT2D eigenvalue weighted by atomic mass is 19.4. The van der Waals surface area contributed by atoms with Crippen molar-refractivity contribution in [3.05, 3.63) is 65.2 Å². The summed E-state index contributed by atoms with van der Waals surface area (Å²) in [4.78, 5) is 15.1. The number of halogens is 3. The van der Waals surface area contributed by atoms with E-state index in [1.54, 1.807) is 12.1 Å². The van der Waals surface area contributed by atoms with Crippen LogP contribution >= 0.6 is 0 Å². The molecule has 0 fully saturated rings. The summed E-state index contributed by atoms with van der Waals surface area (Å²) in [6, 6.07) is 12.3. The van der Waals surface area contributed by atoms with Gasteiger partial charge in [0.15, 0.2) is 12.6 Å². The predicted octanol–water partition coefficient (Wildman–Crippen LogP) is 2.87. The third-order valence-electron chi connectivity index (χ3n) is 4.06. The number of nitrogens with one attached hydrogen (secondary N) is 2. The van der Waals surface area contributed by atoms with Gasteiger partial charge in [0.2, 0.25) is 0 Å². The van der Waals surface area contributed by atoms with E-state index in [2.05, 4.69) is 15.6 Å². The SMILES string of the molecule is CCNC(=NCc1ccc(C(F)(F)F)cc1)NCCc1ccc(OCC(N)=O)cc1. The highest BCUT2D eigenvalue weighted by Gasteiger charge is 2.29. The normalized spacial score (nSPS) is 11.8. The minimum absolute atomic E-state index is 0.164. The molecule has 0 bridgehead atoms. The molecule has 0 heterocycles. The number of nitrogens with zero attached hydrogens (tertiary/aromatic N) is 1. The van der Waals surface area contributed by atoms with Crippen LogP contribution in [0.1, 0.15) is 23.6 Å². The van der Waals surface area contributed by atoms with Crippen LogP contribution in [0.25, 0.3) is 0 Å². The topological polar surface area (TPSA) is 88.7 Å². The molecule has 0 saturated carbocycles. The van der Waals surface area contributed by atoms with Crippen molar-refractivity contribution in [2.75, 3.05) is 19.7 Å². The molecule has 0 unspecified atom stereocenters. The molecule has 0 aliphatic carbocycles. The second-order valence-electron chi connectivity index (χ2n) is 6.47. The van der Waals surface area contributed by atoms with Gasteiger partial charge in [-0.25, -0.2) is 4.99 Å². The van der Waals surface area contributed by atoms with Gasteiger partial charge in [0.05, 0.1) is 12.1 Å². The van der Waals surface area contributed by atoms with E-state index < -0.39 is 17.6 Å². The number of guanidine groups is 1. The lowest BCUT2D eigenvalue weighted by molar-refractivity contribution is -0.137. The highest BCUT2D eigenvalue weighted by Crippen LogP contribution is 2.29. The Morgan fingerprint density at radius 3 is 2.23 bits per heavy atom. The Hall–Kier alpha value is -3.23. The molecule has 9 heteroatoms. The van der Waals surface area contributed by atoms with E-state index in [0.717, 1.165) is 24.1 Å². The molecule has 0 saturated heterocycles. The maximum atomic E-state index is 12.6. The number of primary amides is 1. The second-order valence-corrected chi connectivity index (χ2v) is 6.47. The minimum atomic E-state index is -4.34. The molecule has 6 nitrogen and oxygen atoms in total. The zero-order chi connectivity index (χ0) is 22.0. The Kier molecular flexibility index (Phi) is 8.52. The lowest BCUT2D eigenvalue weighted by Crippen LogP contribution is -2.38. The van der Waals surface area contributed by atoms with Crippen LogP contribution in [0.5, 0.6) is 5.75 Å². The van der Waals surface area contributed by atoms with Gasteiger partial charge in [-0.15, -0.1) is 0 Å². The van der Waals surface area contributed by atoms with Crippen molar-refractivity contribution in [1.29, 1.82) is 0 Å². The van der Waals surface area contributed by atoms with Crippen molar-refractivity contribution in [3.63, 3.8) is 0 Å². The molecule has 2 rings (SSSR count). The van der Waals surface area contributed by atoms with Gasteiger partial charge in [-0.3, -0.25) is 4.79 Å². The number of ether oxygens (including phenoxy) is 1. The number of rotatable bonds is 9. The molecule has 162 valence electrons. The summed E-state index contributed by atoms with van der Waals surface area (Å²) >= 11 is 0. The van der Waals surface area contributed by atoms with E-state index in [1.807, 2.05) is 19.1 Å². The first-order chi connectivity index (χ1) is 14.3. The Morgan fingerprint density at radius 2 is 1.67 bits per heavy atom. The molecule has 2 aromatic carbocycles. The van der Waals surface area contributed by atoms with E-state index in [-0.39, 0.29) is 13.2 Å². The Labute approximate surface area is 173 Å². The lowest BCUT2D eigenvalue weighted by Gasteiger charge is -2.12. The minimum Gasteiger partial charge on any atom is -0.484 e. The van der Waals surface area contributed by atoms with Gasteiger partial charge in [0.1, 0.15) is 5.75 Å². The van der Waals surface area contributed by atoms with Gasteiger partial charge in [-0.05, 0) is 48.7 Å². The van der Waals surface area contributed by atoms with Crippen LogP contribution in [0, 0.1) is 0 Å². The summed E-state index contributed by atoms with van der Waals surface area (Å²) in [5, 5.41) is 6.30. The van der Waals surface area contributed by atoms with Crippen molar-refractivity contribution in [2.45, 2.75) is 26.1 Å². The maximum absolute atomic E-state index is 12.6. The summed E-state index contributed by atoms with van der Waals surface area (Å²) in [6.45, 7) is 3.30. The number of aliphatic imine (C=N–C) groups is 1. The number of carbonyl (C=O) groups is 1. The number of hydrogen-bond donors (Lipinski definition) is 3. The highest BCUT2D eigenvalue weighted by molar-refractivity contribution is 5.79. The van der Waals surface area contributed by atoms with Crippen LogP contribution in [0.3, 0.4) is 0 Å². The fourth-order valence-corrected chi connectivity index (χ4v) is 2.54. The molecule has 0 aromatic heterocycles. The number of nitrogens with two attached hydrogens (primary N) is 1. The van der Waals surface area contributed by atoms with Crippen LogP contribution < -0.4 is 21.1 Å². The smallest absolute Gasteiger partial charge is 0.416 e. The zero-order valence-corrected chi connectivity index (χ0v) is 16.6. The van der Waals surface area contributed by atoms with E-state index in [1.165, 1.54) is 12.1 Å². The molecule has 2 aromatic rings. The predicted molar refractivity (Wildman–Crippen MR) is 109 cm³/mol. The average Bonchev–Trinajstić information content (AvgIpc) is 2.71. The summed E-state index contributed by atoms with van der Waals surface area (Å²) in [5.41, 5.74) is 6.11. The van der Waals surface area contributed by atoms with Crippen LogP contribution in [-0.2, 0) is 23.9 Å². The molecule has 4 N–H and O–H groups in total. The van der Waals surface area contributed by atoms with Crippen molar-refractivity contribution >= 4 is 11.9 Å². The summed E-state index contributed by atoms with van der Waals surface area (Å²) < 4.78 is 43.1. The molecule has 0 spiro atoms. The summed E-state index contributed by atoms with van der Waals surface area (Å²) in [6.07, 6.45) is -3.62. The number of hydrogen-bond acceptors (Lipinski definition) is 3. The monoisotopic (exact) mass is 422 g/mol. The Bertz CT molecular complexity index is 835. The third kappa shape index (κ3) is 8.02. The van der Waals surface area contributed by atoms with Gasteiger partial charge >= 0.3 is 6.18 Å². The van der Waals surface area contributed by atoms with Gasteiger partial charge in [0, 0.05) is 13.1 Å². The van der Waals surface area contributed by atoms with Crippen molar-refractivity contribution in [2.24, 2.45) is 10.7 Å². The molecule has 0 aliphatic rings. The van der Waals surface area contributed by atoms with Crippen LogP contribution in [0.15, 0.2) is 53.5 Å². The number of amides is 1. The van der Waals surface area contributed by atoms with Crippen molar-refractivity contribution in [3.8, 4) is 5.75 Å². The number of alkyl halides is 3. The molecule has 0 aliphatic heterocycles. The van der Waals surface area contributed by atoms with Gasteiger partial charge < -0.3 is 21.1 Å². The molecular formula is C21H25F3N4O2. The molecule has 0 atom stereocenters. The van der Waals surface area contributed by atoms with Gasteiger partial charge in [-0.2, -0.15) is 13.2 Å². The largest absolute Gasteiger partial charge is 0.484 e. The molecular weight excluding hydrogens is 397 g/mol. The first kappa shape index (κ1) is 23.1. The standard InChI is InChI=1S/C21H25F3N4O2/c1-2-26-20(28-13-16-3-7-17(8-4-16)21(22,23)24)27-12-11-15-5-9-18(10-6-15)30-14-19(25)29/h3-10H,2,11-14H2,1H3,(H2,25,29)(H2,26,27,28). The van der Waals surface area contributed by atoms with E-state index >= 15 is 0 Å². The first-order valence-electron chi connectivity index (χ1n) is 9.46. The average molecular weight is 422 g/mol. The quantitative estimate of drug-likeness (QED) is 0.428. The van der Waals surface area contributed by atoms with Crippen LogP contribution in [-0.4, -0.2) is 31.6 Å². The van der Waals surface area contributed by atoms with Crippen molar-refractivity contribution < 1.29 is 22.7 Å². The number of benzene rings is 2. The number of carbonyl (C=O) groups excluding carboxylic acids is 1. The van der Waals surface area contributed by atoms with Crippen LogP contribution in [0.2, 0.25) is 0 Å². The van der Waals surface area contributed by atoms with E-state index in [0.29, 0.717) is 30.4 Å². The lowest BCUT2D eigenvalue weighted by atomic mass is 10.1. The molecule has 1 amide bonds. The Morgan fingerprint density at radius 1 is 1.03 bits per heavy atom. The van der Waals surface area contributed by atoms with E-state index in [4.69, 9.17) is 10.5 Å². The third-order valence-corrected chi connectivity index (χ3v) is 4.06. The zero-order valence-electron chi connectivity index (χ0n) is 16.6. The summed E-state index contributed by atoms with van der Waals surface area (Å²) in [7, 11) is 0. The maximum Gasteiger partial charge on any atom is 0.416 e. The molecule has 30 heavy (non-hydrogen) atoms. The fourth-order valence-electron chi connectivity index (χ4n) is 2.54. The van der Waals surface area contributed by atoms with Gasteiger partial charge in [0.25, 0.3) is 5.91 Å². The summed E-state index contributed by atoms with van der Waals surface area (Å²) in [5.74, 6) is 0.616. The Balaban J connectivity index is 1.85. The van der Waals surface area contributed by atoms with Crippen molar-refractivity contribution in [1.82, 2.24) is 10.6 Å². The van der Waals surface area contributed by atoms with Gasteiger partial charge in [-0.1, -0.05) is 24.3 Å². The molecule has 0 radical (unpaired) electrons. The fraction of sp³-hybridized carbons (Fsp3) is 0.333. The first-order valence-corrected chi connectivity index (χ1v) is 9.46. The second kappa shape index (κ2) is 11.1. The van der Waals surface area contributed by atoms with Crippen LogP contribution in [0.4, 0.5) is 13.2 Å². The van der Waals surface area contributed by atoms with E-state index in [9.17, 15) is 18.0 Å².